The molecule has 1 heterocycles. The zero-order chi connectivity index (χ0) is 10.1. The van der Waals surface area contributed by atoms with Gasteiger partial charge in [-0.2, -0.15) is 0 Å². The standard InChI is InChI=1S/C4H4O4.C3H6N2/c5-3(6)1-2-4(7)8;1-2-5-3-4-1/h1-2H,(H,5,6)(H,7,8);3H,1-2H2,(H,4,5)/b2-1+;. The van der Waals surface area contributed by atoms with Crippen LogP contribution < -0.4 is 5.32 Å². The van der Waals surface area contributed by atoms with E-state index in [-0.39, 0.29) is 0 Å². The number of aliphatic carboxylic acids is 2. The first-order valence-electron chi connectivity index (χ1n) is 3.48. The van der Waals surface area contributed by atoms with E-state index in [0.29, 0.717) is 12.2 Å². The number of carboxylic acids is 2. The molecular weight excluding hydrogens is 176 g/mol. The van der Waals surface area contributed by atoms with Gasteiger partial charge >= 0.3 is 11.9 Å². The lowest BCUT2D eigenvalue weighted by Gasteiger charge is -1.75. The van der Waals surface area contributed by atoms with E-state index in [4.69, 9.17) is 10.2 Å². The topological polar surface area (TPSA) is 99.0 Å². The van der Waals surface area contributed by atoms with Crippen LogP contribution in [0, 0.1) is 0 Å². The Balaban J connectivity index is 0.000000243. The predicted molar refractivity (Wildman–Crippen MR) is 45.8 cm³/mol. The molecule has 0 spiro atoms. The molecule has 0 amide bonds. The minimum Gasteiger partial charge on any atom is -0.478 e. The van der Waals surface area contributed by atoms with Gasteiger partial charge in [-0.05, 0) is 0 Å². The molecule has 1 aliphatic heterocycles. The average molecular weight is 186 g/mol. The van der Waals surface area contributed by atoms with E-state index >= 15 is 0 Å². The summed E-state index contributed by atoms with van der Waals surface area (Å²) in [5, 5.41) is 18.6. The highest BCUT2D eigenvalue weighted by Gasteiger charge is 1.88. The Morgan fingerprint density at radius 1 is 1.31 bits per heavy atom. The van der Waals surface area contributed by atoms with Crippen molar-refractivity contribution in [2.75, 3.05) is 13.1 Å². The summed E-state index contributed by atoms with van der Waals surface area (Å²) in [7, 11) is 0. The van der Waals surface area contributed by atoms with Crippen molar-refractivity contribution in [3.05, 3.63) is 12.2 Å². The molecule has 0 saturated heterocycles. The number of rotatable bonds is 2. The third kappa shape index (κ3) is 10.2. The average Bonchev–Trinajstić information content (AvgIpc) is 2.57. The molecule has 72 valence electrons. The van der Waals surface area contributed by atoms with Gasteiger partial charge in [-0.1, -0.05) is 0 Å². The van der Waals surface area contributed by atoms with Crippen LogP contribution in [0.2, 0.25) is 0 Å². The fraction of sp³-hybridized carbons (Fsp3) is 0.286. The van der Waals surface area contributed by atoms with E-state index in [0.717, 1.165) is 13.1 Å². The Bertz CT molecular complexity index is 213. The van der Waals surface area contributed by atoms with Crippen LogP contribution in [0.4, 0.5) is 0 Å². The summed E-state index contributed by atoms with van der Waals surface area (Å²) < 4.78 is 0. The molecule has 0 radical (unpaired) electrons. The molecule has 0 fully saturated rings. The maximum absolute atomic E-state index is 9.55. The summed E-state index contributed by atoms with van der Waals surface area (Å²) in [6.07, 6.45) is 2.85. The summed E-state index contributed by atoms with van der Waals surface area (Å²) in [6, 6.07) is 0. The van der Waals surface area contributed by atoms with Gasteiger partial charge < -0.3 is 15.5 Å². The lowest BCUT2D eigenvalue weighted by atomic mass is 10.5. The van der Waals surface area contributed by atoms with Crippen LogP contribution in [0.1, 0.15) is 0 Å². The van der Waals surface area contributed by atoms with Gasteiger partial charge in [0.25, 0.3) is 0 Å². The second kappa shape index (κ2) is 6.84. The molecular formula is C7H10N2O4. The van der Waals surface area contributed by atoms with E-state index in [1.807, 2.05) is 0 Å². The lowest BCUT2D eigenvalue weighted by molar-refractivity contribution is -0.134. The van der Waals surface area contributed by atoms with Crippen molar-refractivity contribution in [3.63, 3.8) is 0 Å². The second-order valence-corrected chi connectivity index (χ2v) is 2.00. The molecule has 0 aromatic rings. The number of aliphatic imine (C=N–C) groups is 1. The first kappa shape index (κ1) is 11.2. The summed E-state index contributed by atoms with van der Waals surface area (Å²) in [5.74, 6) is -2.51. The lowest BCUT2D eigenvalue weighted by Crippen LogP contribution is -2.04. The Morgan fingerprint density at radius 3 is 2.00 bits per heavy atom. The van der Waals surface area contributed by atoms with Crippen LogP contribution in [0.15, 0.2) is 17.1 Å². The molecule has 0 saturated carbocycles. The zero-order valence-corrected chi connectivity index (χ0v) is 6.80. The molecule has 0 aromatic carbocycles. The fourth-order valence-electron chi connectivity index (χ4n) is 0.465. The van der Waals surface area contributed by atoms with Crippen molar-refractivity contribution in [2.24, 2.45) is 4.99 Å². The SMILES string of the molecule is C1=NCCN1.O=C(O)/C=C/C(=O)O. The highest BCUT2D eigenvalue weighted by atomic mass is 16.4. The van der Waals surface area contributed by atoms with Gasteiger partial charge in [0.05, 0.1) is 12.9 Å². The van der Waals surface area contributed by atoms with Gasteiger partial charge in [0, 0.05) is 18.7 Å². The van der Waals surface area contributed by atoms with Crippen LogP contribution in [0.25, 0.3) is 0 Å². The van der Waals surface area contributed by atoms with Crippen LogP contribution in [0.3, 0.4) is 0 Å². The zero-order valence-electron chi connectivity index (χ0n) is 6.80. The third-order valence-corrected chi connectivity index (χ3v) is 0.936. The molecule has 6 nitrogen and oxygen atoms in total. The molecule has 0 atom stereocenters. The van der Waals surface area contributed by atoms with Crippen LogP contribution in [-0.4, -0.2) is 41.6 Å². The Labute approximate surface area is 74.6 Å². The Hall–Kier alpha value is -1.85. The van der Waals surface area contributed by atoms with E-state index in [1.165, 1.54) is 0 Å². The van der Waals surface area contributed by atoms with Crippen molar-refractivity contribution in [1.82, 2.24) is 5.32 Å². The number of nitrogens with zero attached hydrogens (tertiary/aromatic N) is 1. The molecule has 0 bridgehead atoms. The number of carbonyl (C=O) groups is 2. The molecule has 0 aliphatic carbocycles. The van der Waals surface area contributed by atoms with Gasteiger partial charge in [0.15, 0.2) is 0 Å². The summed E-state index contributed by atoms with van der Waals surface area (Å²) >= 11 is 0. The van der Waals surface area contributed by atoms with Crippen LogP contribution in [0.5, 0.6) is 0 Å². The predicted octanol–water partition coefficient (Wildman–Crippen LogP) is -0.670. The molecule has 13 heavy (non-hydrogen) atoms. The maximum atomic E-state index is 9.55. The van der Waals surface area contributed by atoms with Crippen molar-refractivity contribution in [1.29, 1.82) is 0 Å². The smallest absolute Gasteiger partial charge is 0.328 e. The number of nitrogens with one attached hydrogen (secondary N) is 1. The monoisotopic (exact) mass is 186 g/mol. The largest absolute Gasteiger partial charge is 0.478 e. The normalized spacial score (nSPS) is 13.2. The molecule has 1 rings (SSSR count). The third-order valence-electron chi connectivity index (χ3n) is 0.936. The van der Waals surface area contributed by atoms with Gasteiger partial charge in [0.1, 0.15) is 0 Å². The minimum absolute atomic E-state index is 0.558. The quantitative estimate of drug-likeness (QED) is 0.497. The highest BCUT2D eigenvalue weighted by Crippen LogP contribution is 1.70. The van der Waals surface area contributed by atoms with Crippen LogP contribution >= 0.6 is 0 Å². The molecule has 0 aromatic heterocycles. The van der Waals surface area contributed by atoms with E-state index < -0.39 is 11.9 Å². The van der Waals surface area contributed by atoms with Crippen molar-refractivity contribution in [3.8, 4) is 0 Å². The van der Waals surface area contributed by atoms with Crippen molar-refractivity contribution >= 4 is 18.3 Å². The Morgan fingerprint density at radius 2 is 1.85 bits per heavy atom. The first-order chi connectivity index (χ1) is 6.13. The maximum Gasteiger partial charge on any atom is 0.328 e. The van der Waals surface area contributed by atoms with Crippen molar-refractivity contribution < 1.29 is 19.8 Å². The molecule has 1 aliphatic rings. The Kier molecular flexibility index (Phi) is 5.86. The van der Waals surface area contributed by atoms with Crippen molar-refractivity contribution in [2.45, 2.75) is 0 Å². The molecule has 3 N–H and O–H groups in total. The first-order valence-corrected chi connectivity index (χ1v) is 3.48. The summed E-state index contributed by atoms with van der Waals surface area (Å²) in [4.78, 5) is 23.0. The summed E-state index contributed by atoms with van der Waals surface area (Å²) in [5.41, 5.74) is 0. The van der Waals surface area contributed by atoms with E-state index in [2.05, 4.69) is 10.3 Å². The minimum atomic E-state index is -1.26. The molecule has 6 heteroatoms. The number of hydrogen-bond acceptors (Lipinski definition) is 4. The molecule has 0 unspecified atom stereocenters. The fourth-order valence-corrected chi connectivity index (χ4v) is 0.465. The van der Waals surface area contributed by atoms with Crippen LogP contribution in [-0.2, 0) is 9.59 Å². The van der Waals surface area contributed by atoms with Gasteiger partial charge in [-0.3, -0.25) is 4.99 Å². The van der Waals surface area contributed by atoms with Gasteiger partial charge in [0.2, 0.25) is 0 Å². The summed E-state index contributed by atoms with van der Waals surface area (Å²) in [6.45, 7) is 1.99. The van der Waals surface area contributed by atoms with E-state index in [1.54, 1.807) is 6.34 Å². The second-order valence-electron chi connectivity index (χ2n) is 2.00. The van der Waals surface area contributed by atoms with Gasteiger partial charge in [-0.25, -0.2) is 9.59 Å². The highest BCUT2D eigenvalue weighted by molar-refractivity contribution is 5.89. The number of hydrogen-bond donors (Lipinski definition) is 3. The number of carboxylic acid groups (broad SMARTS) is 2. The van der Waals surface area contributed by atoms with Gasteiger partial charge in [-0.15, -0.1) is 0 Å². The van der Waals surface area contributed by atoms with E-state index in [9.17, 15) is 9.59 Å².